The van der Waals surface area contributed by atoms with Gasteiger partial charge >= 0.3 is 0 Å². The summed E-state index contributed by atoms with van der Waals surface area (Å²) in [5.74, 6) is 3.97. The van der Waals surface area contributed by atoms with Crippen LogP contribution in [-0.4, -0.2) is 188 Å². The summed E-state index contributed by atoms with van der Waals surface area (Å²) >= 11 is 42.5. The summed E-state index contributed by atoms with van der Waals surface area (Å²) in [6.07, 6.45) is 5.10. The summed E-state index contributed by atoms with van der Waals surface area (Å²) in [4.78, 5) is 86.7. The molecule has 4 N–H and O–H groups in total. The molecule has 3 atom stereocenters. The Balaban J connectivity index is 0.000000154. The first kappa shape index (κ1) is 81.3. The number of anilines is 3. The Bertz CT molecular complexity index is 4830. The van der Waals surface area contributed by atoms with Crippen LogP contribution in [0.3, 0.4) is 0 Å². The fourth-order valence-corrected chi connectivity index (χ4v) is 14.7. The zero-order valence-corrected chi connectivity index (χ0v) is 66.6. The van der Waals surface area contributed by atoms with E-state index in [0.717, 1.165) is 64.3 Å². The summed E-state index contributed by atoms with van der Waals surface area (Å²) in [5.41, 5.74) is 8.25. The summed E-state index contributed by atoms with van der Waals surface area (Å²) < 4.78 is 20.8. The standard InChI is InChI=1S/2C26H25Cl2N5O3.C18H19Cl2N5O.C8H7ClO2.ClH/c2*1-16-23(24(33-22(30-16)8-9-29-33)17-6-7-20(27)21(28)15-17)26(35)32-12-10-31(11-13-32)25(34)18-4-3-5-19(14-18)36-2;1-11-16(18(26)24-8-6-21-7-9-24)17(25-15(23-11)4-5-22-25)12-2-3-13(19)14(20)10-12;1-11-7-4-2-3-6(5-7)8(9)10;/h2*3-9,14-15,24,30H,10-13H2,1-2H3;2-5,10,17,21,23H,6-9H2,1H3;2-5H,1H3;1H. The van der Waals surface area contributed by atoms with Crippen molar-refractivity contribution >= 4 is 146 Å². The molecular formula is C78H77Cl8N15O9. The van der Waals surface area contributed by atoms with E-state index in [1.807, 2.05) is 72.8 Å². The van der Waals surface area contributed by atoms with Gasteiger partial charge in [0.1, 0.15) is 52.8 Å². The third-order valence-electron chi connectivity index (χ3n) is 19.2. The van der Waals surface area contributed by atoms with Crippen LogP contribution < -0.4 is 35.5 Å². The number of aromatic nitrogens is 6. The van der Waals surface area contributed by atoms with E-state index in [1.165, 1.54) is 7.11 Å². The molecule has 5 amide bonds. The first-order valence-corrected chi connectivity index (χ1v) is 37.4. The van der Waals surface area contributed by atoms with E-state index in [0.29, 0.717) is 146 Å². The molecule has 3 saturated heterocycles. The Labute approximate surface area is 676 Å². The monoisotopic (exact) mass is 1650 g/mol. The first-order chi connectivity index (χ1) is 52.5. The topological polar surface area (TPSA) is 248 Å². The number of nitrogens with zero attached hydrogens (tertiary/aromatic N) is 11. The maximum atomic E-state index is 13.9. The van der Waals surface area contributed by atoms with Crippen molar-refractivity contribution < 1.29 is 43.0 Å². The SMILES string of the molecule is CC1=C(C(=O)N2CCNCC2)C(c2ccc(Cl)c(Cl)c2)n2nccc2N1.COc1cccc(C(=O)Cl)c1.COc1cccc(C(=O)N2CCN(C(=O)C3=C(C)Nc4ccnn4C3c3ccc(Cl)c(Cl)c3)CC2)c1.COc1cccc(C(=O)N2CCN(C(=O)C3=C(C)Nc4ccnn4C3c3ccc(Cl)c(Cl)c3)CC2)c1.Cl. The number of hydrogen-bond donors (Lipinski definition) is 4. The van der Waals surface area contributed by atoms with Gasteiger partial charge in [-0.1, -0.05) is 106 Å². The van der Waals surface area contributed by atoms with Crippen molar-refractivity contribution in [2.75, 3.05) is 116 Å². The lowest BCUT2D eigenvalue weighted by molar-refractivity contribution is -0.129. The summed E-state index contributed by atoms with van der Waals surface area (Å²) in [5, 5.41) is 28.7. The Hall–Kier alpha value is -9.73. The second-order valence-electron chi connectivity index (χ2n) is 25.9. The van der Waals surface area contributed by atoms with Gasteiger partial charge in [0.25, 0.3) is 34.8 Å². The molecule has 6 aromatic carbocycles. The van der Waals surface area contributed by atoms with Crippen LogP contribution in [0.4, 0.5) is 17.5 Å². The van der Waals surface area contributed by atoms with Gasteiger partial charge in [-0.2, -0.15) is 15.3 Å². The molecule has 0 aliphatic carbocycles. The quantitative estimate of drug-likeness (QED) is 0.0830. The van der Waals surface area contributed by atoms with Crippen LogP contribution in [0.5, 0.6) is 17.2 Å². The highest BCUT2D eigenvalue weighted by molar-refractivity contribution is 6.67. The van der Waals surface area contributed by atoms with Crippen molar-refractivity contribution in [1.82, 2.24) is 59.2 Å². The Morgan fingerprint density at radius 2 is 0.645 bits per heavy atom. The first-order valence-electron chi connectivity index (χ1n) is 34.7. The number of rotatable bonds is 12. The van der Waals surface area contributed by atoms with Crippen molar-refractivity contribution in [3.63, 3.8) is 0 Å². The minimum atomic E-state index is -0.469. The van der Waals surface area contributed by atoms with Gasteiger partial charge in [-0.05, 0) is 140 Å². The third-order valence-corrected chi connectivity index (χ3v) is 21.7. The number of methoxy groups -OCH3 is 3. The second kappa shape index (κ2) is 36.4. The number of carbonyl (C=O) groups is 6. The van der Waals surface area contributed by atoms with E-state index in [9.17, 15) is 28.8 Å². The van der Waals surface area contributed by atoms with E-state index < -0.39 is 17.3 Å². The number of piperazine rings is 3. The molecule has 3 fully saturated rings. The summed E-state index contributed by atoms with van der Waals surface area (Å²) in [6, 6.07) is 41.4. The number of allylic oxidation sites excluding steroid dienone is 3. The molecule has 9 aromatic rings. The van der Waals surface area contributed by atoms with Crippen LogP contribution in [0.15, 0.2) is 198 Å². The Kier molecular flexibility index (Phi) is 26.9. The van der Waals surface area contributed by atoms with Gasteiger partial charge in [0, 0.05) is 131 Å². The van der Waals surface area contributed by atoms with E-state index in [1.54, 1.807) is 165 Å². The van der Waals surface area contributed by atoms with Crippen LogP contribution in [-0.2, 0) is 14.4 Å². The van der Waals surface area contributed by atoms with Crippen molar-refractivity contribution in [2.45, 2.75) is 38.9 Å². The lowest BCUT2D eigenvalue weighted by Gasteiger charge is -2.38. The van der Waals surface area contributed by atoms with Crippen LogP contribution >= 0.6 is 93.6 Å². The van der Waals surface area contributed by atoms with Gasteiger partial charge < -0.3 is 60.0 Å². The van der Waals surface area contributed by atoms with Crippen molar-refractivity contribution in [1.29, 1.82) is 0 Å². The van der Waals surface area contributed by atoms with Gasteiger partial charge in [-0.3, -0.25) is 28.8 Å². The predicted octanol–water partition coefficient (Wildman–Crippen LogP) is 14.4. The summed E-state index contributed by atoms with van der Waals surface area (Å²) in [7, 11) is 4.68. The number of amides is 5. The van der Waals surface area contributed by atoms with Gasteiger partial charge in [-0.15, -0.1) is 12.4 Å². The highest BCUT2D eigenvalue weighted by atomic mass is 35.5. The molecule has 3 aromatic heterocycles. The molecule has 3 unspecified atom stereocenters. The smallest absolute Gasteiger partial charge is 0.254 e. The molecular weight excluding hydrogens is 1570 g/mol. The van der Waals surface area contributed by atoms with Crippen molar-refractivity contribution in [3.05, 3.63) is 262 Å². The maximum Gasteiger partial charge on any atom is 0.254 e. The molecule has 6 aliphatic rings. The van der Waals surface area contributed by atoms with Crippen LogP contribution in [0.2, 0.25) is 30.1 Å². The summed E-state index contributed by atoms with van der Waals surface area (Å²) in [6.45, 7) is 12.1. The van der Waals surface area contributed by atoms with Gasteiger partial charge in [0.15, 0.2) is 0 Å². The molecule has 24 nitrogen and oxygen atoms in total. The average molecular weight is 1650 g/mol. The van der Waals surface area contributed by atoms with Crippen molar-refractivity contribution in [3.8, 4) is 17.2 Å². The van der Waals surface area contributed by atoms with Crippen LogP contribution in [0.1, 0.15) is 86.7 Å². The molecule has 6 aliphatic heterocycles. The fraction of sp³-hybridized carbons (Fsp3) is 0.269. The zero-order chi connectivity index (χ0) is 77.3. The minimum absolute atomic E-state index is 0. The van der Waals surface area contributed by atoms with E-state index in [2.05, 4.69) is 36.6 Å². The number of carbonyl (C=O) groups excluding carboxylic acids is 6. The Morgan fingerprint density at radius 1 is 0.364 bits per heavy atom. The van der Waals surface area contributed by atoms with E-state index in [4.69, 9.17) is 95.4 Å². The maximum absolute atomic E-state index is 13.9. The average Bonchev–Trinajstić information content (AvgIpc) is 1.43. The molecule has 0 saturated carbocycles. The highest BCUT2D eigenvalue weighted by Crippen LogP contribution is 2.43. The minimum Gasteiger partial charge on any atom is -0.497 e. The molecule has 0 radical (unpaired) electrons. The lowest BCUT2D eigenvalue weighted by Crippen LogP contribution is -2.51. The number of hydrogen-bond acceptors (Lipinski definition) is 16. The third kappa shape index (κ3) is 18.0. The Morgan fingerprint density at radius 3 is 0.936 bits per heavy atom. The largest absolute Gasteiger partial charge is 0.497 e. The van der Waals surface area contributed by atoms with Crippen LogP contribution in [0, 0.1) is 0 Å². The predicted molar refractivity (Wildman–Crippen MR) is 430 cm³/mol. The molecule has 9 heterocycles. The molecule has 574 valence electrons. The van der Waals surface area contributed by atoms with E-state index in [-0.39, 0.29) is 48.0 Å². The number of ether oxygens (including phenoxy) is 3. The molecule has 32 heteroatoms. The van der Waals surface area contributed by atoms with Gasteiger partial charge in [0.05, 0.1) is 86.8 Å². The van der Waals surface area contributed by atoms with Gasteiger partial charge in [-0.25, -0.2) is 14.0 Å². The normalized spacial score (nSPS) is 17.1. The lowest BCUT2D eigenvalue weighted by atomic mass is 9.94. The van der Waals surface area contributed by atoms with E-state index >= 15 is 0 Å². The number of fused-ring (bicyclic) bond motifs is 3. The molecule has 0 bridgehead atoms. The second-order valence-corrected chi connectivity index (χ2v) is 28.7. The number of halogens is 8. The molecule has 0 spiro atoms. The van der Waals surface area contributed by atoms with Crippen molar-refractivity contribution in [2.24, 2.45) is 0 Å². The highest BCUT2D eigenvalue weighted by Gasteiger charge is 2.40. The number of nitrogens with one attached hydrogen (secondary N) is 4. The number of benzene rings is 6. The van der Waals surface area contributed by atoms with Crippen LogP contribution in [0.25, 0.3) is 0 Å². The fourth-order valence-electron chi connectivity index (χ4n) is 13.6. The molecule has 15 rings (SSSR count). The zero-order valence-electron chi connectivity index (χ0n) is 60.5. The van der Waals surface area contributed by atoms with Gasteiger partial charge in [0.2, 0.25) is 0 Å². The molecule has 110 heavy (non-hydrogen) atoms.